The van der Waals surface area contributed by atoms with Crippen LogP contribution in [0.15, 0.2) is 66.1 Å². The first-order valence-corrected chi connectivity index (χ1v) is 15.1. The predicted molar refractivity (Wildman–Crippen MR) is 153 cm³/mol. The van der Waals surface area contributed by atoms with Crippen LogP contribution in [0, 0.1) is 0 Å². The lowest BCUT2D eigenvalue weighted by molar-refractivity contribution is 0.0376. The molecule has 0 aliphatic carbocycles. The molecular formula is C27H32ClN7O4S. The number of imidazole rings is 2. The fourth-order valence-electron chi connectivity index (χ4n) is 4.62. The molecule has 1 aliphatic rings. The molecule has 0 atom stereocenters. The second-order valence-electron chi connectivity index (χ2n) is 9.56. The minimum atomic E-state index is -3.73. The molecule has 2 aromatic carbocycles. The molecule has 1 aliphatic heterocycles. The summed E-state index contributed by atoms with van der Waals surface area (Å²) in [5.41, 5.74) is 1.64. The molecule has 11 nitrogen and oxygen atoms in total. The van der Waals surface area contributed by atoms with Crippen LogP contribution in [0.4, 0.5) is 5.95 Å². The van der Waals surface area contributed by atoms with Gasteiger partial charge in [-0.3, -0.25) is 15.0 Å². The summed E-state index contributed by atoms with van der Waals surface area (Å²) in [6.07, 6.45) is 6.81. The van der Waals surface area contributed by atoms with Gasteiger partial charge in [-0.2, -0.15) is 0 Å². The maximum absolute atomic E-state index is 13.0. The van der Waals surface area contributed by atoms with Crippen molar-refractivity contribution in [2.75, 3.05) is 44.7 Å². The second kappa shape index (κ2) is 12.9. The van der Waals surface area contributed by atoms with E-state index >= 15 is 0 Å². The molecule has 4 aromatic rings. The summed E-state index contributed by atoms with van der Waals surface area (Å²) in [6, 6.07) is 11.4. The van der Waals surface area contributed by atoms with Gasteiger partial charge in [-0.25, -0.2) is 23.1 Å². The van der Waals surface area contributed by atoms with E-state index in [9.17, 15) is 13.2 Å². The van der Waals surface area contributed by atoms with E-state index in [-0.39, 0.29) is 10.8 Å². The van der Waals surface area contributed by atoms with Crippen LogP contribution in [0.2, 0.25) is 5.02 Å². The number of nitrogens with one attached hydrogen (secondary N) is 2. The number of fused-ring (bicyclic) bond motifs is 1. The highest BCUT2D eigenvalue weighted by Gasteiger charge is 2.19. The molecule has 3 heterocycles. The molecule has 212 valence electrons. The van der Waals surface area contributed by atoms with Gasteiger partial charge in [0, 0.05) is 55.7 Å². The molecule has 0 bridgehead atoms. The average molecular weight is 586 g/mol. The fourth-order valence-corrected chi connectivity index (χ4v) is 5.84. The number of aryl methyl sites for hydroxylation is 2. The summed E-state index contributed by atoms with van der Waals surface area (Å²) in [5.74, 6) is 0.00575. The first kappa shape index (κ1) is 28.2. The zero-order chi connectivity index (χ0) is 28.0. The number of rotatable bonds is 12. The van der Waals surface area contributed by atoms with Crippen LogP contribution in [-0.2, 0) is 27.8 Å². The Hall–Kier alpha value is -3.29. The van der Waals surface area contributed by atoms with Crippen molar-refractivity contribution in [1.29, 1.82) is 0 Å². The highest BCUT2D eigenvalue weighted by atomic mass is 35.5. The lowest BCUT2D eigenvalue weighted by Gasteiger charge is -2.26. The fraction of sp³-hybridized carbons (Fsp3) is 0.370. The van der Waals surface area contributed by atoms with E-state index in [0.717, 1.165) is 38.1 Å². The van der Waals surface area contributed by atoms with Gasteiger partial charge in [0.15, 0.2) is 0 Å². The summed E-state index contributed by atoms with van der Waals surface area (Å²) in [4.78, 5) is 24.1. The number of carbonyl (C=O) groups is 1. The normalized spacial score (nSPS) is 14.5. The summed E-state index contributed by atoms with van der Waals surface area (Å²) in [7, 11) is -3.73. The van der Waals surface area contributed by atoms with Crippen molar-refractivity contribution < 1.29 is 17.9 Å². The number of aromatic nitrogens is 4. The SMILES string of the molecule is O=C(Nc1nc2cc(S(=O)(=O)NCCCN3CCOCC3)ccc2n1CCCn1ccnc1)c1ccc(Cl)cc1. The van der Waals surface area contributed by atoms with E-state index in [1.54, 1.807) is 55.0 Å². The van der Waals surface area contributed by atoms with Gasteiger partial charge < -0.3 is 13.9 Å². The smallest absolute Gasteiger partial charge is 0.257 e. The number of morpholine rings is 1. The Morgan fingerprint density at radius 3 is 2.58 bits per heavy atom. The van der Waals surface area contributed by atoms with E-state index in [4.69, 9.17) is 16.3 Å². The van der Waals surface area contributed by atoms with Crippen LogP contribution in [0.25, 0.3) is 11.0 Å². The van der Waals surface area contributed by atoms with Gasteiger partial charge in [-0.05, 0) is 61.9 Å². The standard InChI is InChI=1S/C27H32ClN7O4S/c28-22-5-3-21(4-6-22)26(36)32-27-31-24-19-23(40(37,38)30-9-1-11-33-15-17-39-18-16-33)7-8-25(24)35(27)13-2-12-34-14-10-29-20-34/h3-8,10,14,19-20,30H,1-2,9,11-13,15-18H2,(H,31,32,36). The van der Waals surface area contributed by atoms with Crippen molar-refractivity contribution >= 4 is 44.5 Å². The molecule has 5 rings (SSSR count). The second-order valence-corrected chi connectivity index (χ2v) is 11.8. The molecule has 40 heavy (non-hydrogen) atoms. The molecule has 1 fully saturated rings. The Bertz CT molecular complexity index is 1530. The Morgan fingerprint density at radius 2 is 1.82 bits per heavy atom. The molecule has 0 unspecified atom stereocenters. The number of hydrogen-bond donors (Lipinski definition) is 2. The van der Waals surface area contributed by atoms with Gasteiger partial charge in [0.1, 0.15) is 0 Å². The van der Waals surface area contributed by atoms with Gasteiger partial charge >= 0.3 is 0 Å². The Morgan fingerprint density at radius 1 is 1.02 bits per heavy atom. The van der Waals surface area contributed by atoms with Crippen LogP contribution >= 0.6 is 11.6 Å². The molecule has 0 spiro atoms. The van der Waals surface area contributed by atoms with E-state index < -0.39 is 10.0 Å². The number of hydrogen-bond acceptors (Lipinski definition) is 7. The third-order valence-corrected chi connectivity index (χ3v) is 8.48. The largest absolute Gasteiger partial charge is 0.379 e. The third-order valence-electron chi connectivity index (χ3n) is 6.77. The predicted octanol–water partition coefficient (Wildman–Crippen LogP) is 3.23. The summed E-state index contributed by atoms with van der Waals surface area (Å²) in [6.45, 7) is 5.58. The number of amides is 1. The van der Waals surface area contributed by atoms with Crippen molar-refractivity contribution in [1.82, 2.24) is 28.7 Å². The first-order chi connectivity index (χ1) is 19.4. The Balaban J connectivity index is 1.32. The van der Waals surface area contributed by atoms with Crippen molar-refractivity contribution in [3.05, 3.63) is 71.8 Å². The van der Waals surface area contributed by atoms with E-state index in [1.165, 1.54) is 0 Å². The number of carbonyl (C=O) groups excluding carboxylic acids is 1. The van der Waals surface area contributed by atoms with Gasteiger partial charge in [-0.1, -0.05) is 11.6 Å². The molecule has 0 saturated carbocycles. The van der Waals surface area contributed by atoms with Gasteiger partial charge in [-0.15, -0.1) is 0 Å². The molecule has 1 saturated heterocycles. The van der Waals surface area contributed by atoms with Gasteiger partial charge in [0.05, 0.1) is 35.5 Å². The topological polar surface area (TPSA) is 123 Å². The highest BCUT2D eigenvalue weighted by Crippen LogP contribution is 2.24. The quantitative estimate of drug-likeness (QED) is 0.245. The molecule has 1 amide bonds. The van der Waals surface area contributed by atoms with E-state index in [2.05, 4.69) is 24.9 Å². The minimum absolute atomic E-state index is 0.130. The summed E-state index contributed by atoms with van der Waals surface area (Å²) in [5, 5.41) is 3.42. The number of sulfonamides is 1. The van der Waals surface area contributed by atoms with Crippen molar-refractivity contribution in [3.8, 4) is 0 Å². The average Bonchev–Trinajstić information content (AvgIpc) is 3.60. The Kier molecular flexibility index (Phi) is 9.12. The van der Waals surface area contributed by atoms with Gasteiger partial charge in [0.2, 0.25) is 16.0 Å². The molecule has 13 heteroatoms. The van der Waals surface area contributed by atoms with Crippen molar-refractivity contribution in [2.45, 2.75) is 30.8 Å². The van der Waals surface area contributed by atoms with Crippen LogP contribution in [0.3, 0.4) is 0 Å². The van der Waals surface area contributed by atoms with Crippen LogP contribution in [0.5, 0.6) is 0 Å². The molecular weight excluding hydrogens is 554 g/mol. The number of nitrogens with zero attached hydrogens (tertiary/aromatic N) is 5. The van der Waals surface area contributed by atoms with Gasteiger partial charge in [0.25, 0.3) is 5.91 Å². The van der Waals surface area contributed by atoms with Crippen LogP contribution in [0.1, 0.15) is 23.2 Å². The van der Waals surface area contributed by atoms with E-state index in [0.29, 0.717) is 54.8 Å². The minimum Gasteiger partial charge on any atom is -0.379 e. The van der Waals surface area contributed by atoms with Crippen molar-refractivity contribution in [3.63, 3.8) is 0 Å². The summed E-state index contributed by atoms with van der Waals surface area (Å²) < 4.78 is 38.0. The number of ether oxygens (including phenoxy) is 1. The lowest BCUT2D eigenvalue weighted by Crippen LogP contribution is -2.38. The lowest BCUT2D eigenvalue weighted by atomic mass is 10.2. The molecule has 2 N–H and O–H groups in total. The molecule has 2 aromatic heterocycles. The zero-order valence-corrected chi connectivity index (χ0v) is 23.6. The first-order valence-electron chi connectivity index (χ1n) is 13.2. The summed E-state index contributed by atoms with van der Waals surface area (Å²) >= 11 is 5.97. The van der Waals surface area contributed by atoms with Crippen molar-refractivity contribution in [2.24, 2.45) is 0 Å². The number of anilines is 1. The van der Waals surface area contributed by atoms with Crippen LogP contribution in [-0.4, -0.2) is 77.7 Å². The third kappa shape index (κ3) is 7.07. The number of benzene rings is 2. The Labute approximate surface area is 238 Å². The highest BCUT2D eigenvalue weighted by molar-refractivity contribution is 7.89. The van der Waals surface area contributed by atoms with E-state index in [1.807, 2.05) is 15.3 Å². The maximum atomic E-state index is 13.0. The monoisotopic (exact) mass is 585 g/mol. The number of halogens is 1. The molecule has 0 radical (unpaired) electrons. The zero-order valence-electron chi connectivity index (χ0n) is 22.0. The van der Waals surface area contributed by atoms with Crippen LogP contribution < -0.4 is 10.0 Å². The maximum Gasteiger partial charge on any atom is 0.257 e.